The standard InChI is InChI=1S/C15H26N4O/c1-13(19-8-4-5-9-19)6-7-15(20)17(2)11-14-10-16-18(3)12-14/h10,12-13H,4-9,11H2,1-3H3. The van der Waals surface area contributed by atoms with Crippen LogP contribution in [0.25, 0.3) is 0 Å². The van der Waals surface area contributed by atoms with Crippen molar-refractivity contribution < 1.29 is 4.79 Å². The summed E-state index contributed by atoms with van der Waals surface area (Å²) in [5, 5.41) is 4.13. The quantitative estimate of drug-likeness (QED) is 0.794. The SMILES string of the molecule is CC(CCC(=O)N(C)Cc1cnn(C)c1)N1CCCC1. The summed E-state index contributed by atoms with van der Waals surface area (Å²) in [5.41, 5.74) is 1.08. The van der Waals surface area contributed by atoms with Gasteiger partial charge in [-0.3, -0.25) is 9.48 Å². The van der Waals surface area contributed by atoms with E-state index >= 15 is 0 Å². The van der Waals surface area contributed by atoms with Gasteiger partial charge in [0.15, 0.2) is 0 Å². The summed E-state index contributed by atoms with van der Waals surface area (Å²) in [6.45, 7) is 5.27. The average molecular weight is 278 g/mol. The number of aromatic nitrogens is 2. The van der Waals surface area contributed by atoms with E-state index in [0.717, 1.165) is 12.0 Å². The zero-order valence-electron chi connectivity index (χ0n) is 12.9. The van der Waals surface area contributed by atoms with Gasteiger partial charge >= 0.3 is 0 Å². The minimum absolute atomic E-state index is 0.222. The van der Waals surface area contributed by atoms with Crippen LogP contribution in [0.5, 0.6) is 0 Å². The van der Waals surface area contributed by atoms with Crippen LogP contribution >= 0.6 is 0 Å². The van der Waals surface area contributed by atoms with E-state index in [2.05, 4.69) is 16.9 Å². The number of hydrogen-bond donors (Lipinski definition) is 0. The molecule has 1 amide bonds. The number of amides is 1. The van der Waals surface area contributed by atoms with E-state index < -0.39 is 0 Å². The van der Waals surface area contributed by atoms with E-state index in [9.17, 15) is 4.79 Å². The van der Waals surface area contributed by atoms with E-state index in [0.29, 0.717) is 19.0 Å². The highest BCUT2D eigenvalue weighted by Gasteiger charge is 2.19. The van der Waals surface area contributed by atoms with Crippen molar-refractivity contribution in [2.24, 2.45) is 7.05 Å². The van der Waals surface area contributed by atoms with Crippen LogP contribution in [-0.2, 0) is 18.4 Å². The molecule has 1 aliphatic heterocycles. The van der Waals surface area contributed by atoms with E-state index in [1.54, 1.807) is 9.58 Å². The Morgan fingerprint density at radius 1 is 1.45 bits per heavy atom. The molecule has 112 valence electrons. The maximum absolute atomic E-state index is 12.2. The van der Waals surface area contributed by atoms with Crippen LogP contribution in [0.1, 0.15) is 38.2 Å². The van der Waals surface area contributed by atoms with Crippen LogP contribution in [0.2, 0.25) is 0 Å². The zero-order valence-corrected chi connectivity index (χ0v) is 12.9. The zero-order chi connectivity index (χ0) is 14.5. The fourth-order valence-electron chi connectivity index (χ4n) is 2.80. The maximum atomic E-state index is 12.2. The first-order valence-corrected chi connectivity index (χ1v) is 7.52. The summed E-state index contributed by atoms with van der Waals surface area (Å²) in [4.78, 5) is 16.4. The van der Waals surface area contributed by atoms with Crippen molar-refractivity contribution >= 4 is 5.91 Å². The predicted molar refractivity (Wildman–Crippen MR) is 79.2 cm³/mol. The Balaban J connectivity index is 1.73. The molecule has 2 heterocycles. The molecule has 20 heavy (non-hydrogen) atoms. The normalized spacial score (nSPS) is 17.4. The first kappa shape index (κ1) is 15.0. The van der Waals surface area contributed by atoms with Gasteiger partial charge in [0, 0.05) is 44.9 Å². The number of carbonyl (C=O) groups is 1. The van der Waals surface area contributed by atoms with Crippen molar-refractivity contribution in [2.45, 2.75) is 45.2 Å². The Labute approximate surface area is 121 Å². The van der Waals surface area contributed by atoms with E-state index in [1.165, 1.54) is 25.9 Å². The van der Waals surface area contributed by atoms with Gasteiger partial charge in [-0.25, -0.2) is 0 Å². The summed E-state index contributed by atoms with van der Waals surface area (Å²) < 4.78 is 1.77. The molecule has 5 heteroatoms. The molecule has 0 N–H and O–H groups in total. The fourth-order valence-corrected chi connectivity index (χ4v) is 2.80. The van der Waals surface area contributed by atoms with Crippen LogP contribution in [0, 0.1) is 0 Å². The first-order valence-electron chi connectivity index (χ1n) is 7.52. The Kier molecular flexibility index (Phi) is 5.17. The lowest BCUT2D eigenvalue weighted by molar-refractivity contribution is -0.130. The van der Waals surface area contributed by atoms with E-state index in [-0.39, 0.29) is 5.91 Å². The minimum atomic E-state index is 0.222. The van der Waals surface area contributed by atoms with E-state index in [1.807, 2.05) is 26.5 Å². The number of likely N-dealkylation sites (tertiary alicyclic amines) is 1. The van der Waals surface area contributed by atoms with Gasteiger partial charge in [0.05, 0.1) is 6.20 Å². The number of rotatable bonds is 6. The number of nitrogens with zero attached hydrogens (tertiary/aromatic N) is 4. The van der Waals surface area contributed by atoms with Crippen molar-refractivity contribution in [2.75, 3.05) is 20.1 Å². The fraction of sp³-hybridized carbons (Fsp3) is 0.733. The topological polar surface area (TPSA) is 41.4 Å². The Hall–Kier alpha value is -1.36. The van der Waals surface area contributed by atoms with Crippen LogP contribution < -0.4 is 0 Å². The molecule has 0 spiro atoms. The molecule has 0 aromatic carbocycles. The maximum Gasteiger partial charge on any atom is 0.222 e. The van der Waals surface area contributed by atoms with Gasteiger partial charge in [0.1, 0.15) is 0 Å². The molecule has 1 aromatic heterocycles. The molecule has 2 rings (SSSR count). The van der Waals surface area contributed by atoms with Gasteiger partial charge < -0.3 is 9.80 Å². The molecular formula is C15H26N4O. The number of aryl methyl sites for hydroxylation is 1. The Morgan fingerprint density at radius 2 is 2.15 bits per heavy atom. The van der Waals surface area contributed by atoms with Gasteiger partial charge in [0.2, 0.25) is 5.91 Å². The smallest absolute Gasteiger partial charge is 0.222 e. The van der Waals surface area contributed by atoms with Gasteiger partial charge in [-0.2, -0.15) is 5.10 Å². The molecule has 1 atom stereocenters. The summed E-state index contributed by atoms with van der Waals surface area (Å²) in [7, 11) is 3.76. The summed E-state index contributed by atoms with van der Waals surface area (Å²) in [6, 6.07) is 0.522. The molecule has 5 nitrogen and oxygen atoms in total. The molecule has 1 fully saturated rings. The highest BCUT2D eigenvalue weighted by atomic mass is 16.2. The Bertz CT molecular complexity index is 437. The van der Waals surface area contributed by atoms with Gasteiger partial charge in [0.25, 0.3) is 0 Å². The van der Waals surface area contributed by atoms with Crippen LogP contribution in [0.3, 0.4) is 0 Å². The third-order valence-corrected chi connectivity index (χ3v) is 4.14. The van der Waals surface area contributed by atoms with Gasteiger partial charge in [-0.1, -0.05) is 0 Å². The highest BCUT2D eigenvalue weighted by Crippen LogP contribution is 2.15. The molecule has 0 aliphatic carbocycles. The van der Waals surface area contributed by atoms with Crippen molar-refractivity contribution in [3.05, 3.63) is 18.0 Å². The number of carbonyl (C=O) groups excluding carboxylic acids is 1. The lowest BCUT2D eigenvalue weighted by Gasteiger charge is -2.24. The highest BCUT2D eigenvalue weighted by molar-refractivity contribution is 5.75. The monoisotopic (exact) mass is 278 g/mol. The molecule has 1 aromatic rings. The molecule has 1 aliphatic rings. The van der Waals surface area contributed by atoms with Crippen LogP contribution in [0.15, 0.2) is 12.4 Å². The third-order valence-electron chi connectivity index (χ3n) is 4.14. The largest absolute Gasteiger partial charge is 0.341 e. The molecule has 1 saturated heterocycles. The molecule has 0 saturated carbocycles. The second kappa shape index (κ2) is 6.88. The molecule has 0 bridgehead atoms. The summed E-state index contributed by atoms with van der Waals surface area (Å²) in [5.74, 6) is 0.222. The lowest BCUT2D eigenvalue weighted by Crippen LogP contribution is -2.32. The van der Waals surface area contributed by atoms with Gasteiger partial charge in [-0.15, -0.1) is 0 Å². The second-order valence-corrected chi connectivity index (χ2v) is 5.90. The lowest BCUT2D eigenvalue weighted by atomic mass is 10.1. The number of hydrogen-bond acceptors (Lipinski definition) is 3. The van der Waals surface area contributed by atoms with E-state index in [4.69, 9.17) is 0 Å². The average Bonchev–Trinajstić information content (AvgIpc) is 3.07. The van der Waals surface area contributed by atoms with Crippen molar-refractivity contribution in [3.8, 4) is 0 Å². The summed E-state index contributed by atoms with van der Waals surface area (Å²) in [6.07, 6.45) is 7.97. The second-order valence-electron chi connectivity index (χ2n) is 5.90. The van der Waals surface area contributed by atoms with Crippen LogP contribution in [-0.4, -0.2) is 51.7 Å². The van der Waals surface area contributed by atoms with Crippen molar-refractivity contribution in [1.82, 2.24) is 19.6 Å². The van der Waals surface area contributed by atoms with Crippen molar-refractivity contribution in [1.29, 1.82) is 0 Å². The first-order chi connectivity index (χ1) is 9.56. The Morgan fingerprint density at radius 3 is 2.75 bits per heavy atom. The molecule has 1 unspecified atom stereocenters. The summed E-state index contributed by atoms with van der Waals surface area (Å²) >= 11 is 0. The molecular weight excluding hydrogens is 252 g/mol. The molecule has 0 radical (unpaired) electrons. The van der Waals surface area contributed by atoms with Gasteiger partial charge in [-0.05, 0) is 39.3 Å². The third kappa shape index (κ3) is 4.07. The van der Waals surface area contributed by atoms with Crippen molar-refractivity contribution in [3.63, 3.8) is 0 Å². The minimum Gasteiger partial charge on any atom is -0.341 e. The van der Waals surface area contributed by atoms with Crippen LogP contribution in [0.4, 0.5) is 0 Å². The predicted octanol–water partition coefficient (Wildman–Crippen LogP) is 1.64.